The molecule has 8 nitrogen and oxygen atoms in total. The third-order valence-corrected chi connectivity index (χ3v) is 6.71. The topological polar surface area (TPSA) is 94.2 Å². The van der Waals surface area contributed by atoms with Crippen molar-refractivity contribution in [3.05, 3.63) is 41.4 Å². The summed E-state index contributed by atoms with van der Waals surface area (Å²) in [6.45, 7) is 4.70. The molecule has 1 amide bonds. The highest BCUT2D eigenvalue weighted by Gasteiger charge is 2.28. The Morgan fingerprint density at radius 2 is 1.72 bits per heavy atom. The first-order valence-corrected chi connectivity index (χ1v) is 12.0. The van der Waals surface area contributed by atoms with Gasteiger partial charge in [0, 0.05) is 31.6 Å². The van der Waals surface area contributed by atoms with Crippen molar-refractivity contribution in [2.75, 3.05) is 38.2 Å². The summed E-state index contributed by atoms with van der Waals surface area (Å²) in [7, 11) is -1.13. The lowest BCUT2D eigenvalue weighted by molar-refractivity contribution is -0.121. The van der Waals surface area contributed by atoms with Gasteiger partial charge in [-0.3, -0.25) is 9.10 Å². The summed E-state index contributed by atoms with van der Waals surface area (Å²) < 4.78 is 44.5. The number of carbonyl (C=O) groups is 1. The highest BCUT2D eigenvalue weighted by Crippen LogP contribution is 2.40. The number of methoxy groups -OCH3 is 2. The van der Waals surface area contributed by atoms with Gasteiger partial charge in [0.05, 0.1) is 36.4 Å². The molecule has 0 unspecified atom stereocenters. The second kappa shape index (κ2) is 11.8. The number of rotatable bonds is 12. The molecule has 2 aromatic rings. The van der Waals surface area contributed by atoms with Crippen LogP contribution in [0.5, 0.6) is 17.2 Å². The quantitative estimate of drug-likeness (QED) is 0.491. The molecular weight excluding hydrogens is 456 g/mol. The molecule has 0 spiro atoms. The van der Waals surface area contributed by atoms with Crippen LogP contribution in [-0.2, 0) is 14.8 Å². The maximum atomic E-state index is 13.6. The van der Waals surface area contributed by atoms with Gasteiger partial charge in [-0.25, -0.2) is 8.42 Å². The number of hydrogen-bond donors (Lipinski definition) is 1. The van der Waals surface area contributed by atoms with E-state index in [4.69, 9.17) is 25.8 Å². The average molecular weight is 485 g/mol. The molecule has 0 saturated heterocycles. The summed E-state index contributed by atoms with van der Waals surface area (Å²) >= 11 is 6.20. The second-order valence-corrected chi connectivity index (χ2v) is 8.97. The molecule has 32 heavy (non-hydrogen) atoms. The number of carbonyl (C=O) groups excluding carboxylic acids is 1. The predicted octanol–water partition coefficient (Wildman–Crippen LogP) is 3.87. The lowest BCUT2D eigenvalue weighted by atomic mass is 10.2. The lowest BCUT2D eigenvalue weighted by Gasteiger charge is -2.27. The van der Waals surface area contributed by atoms with Gasteiger partial charge in [0.2, 0.25) is 5.91 Å². The number of halogens is 1. The molecule has 0 heterocycles. The van der Waals surface area contributed by atoms with Crippen molar-refractivity contribution >= 4 is 33.2 Å². The highest BCUT2D eigenvalue weighted by atomic mass is 35.5. The highest BCUT2D eigenvalue weighted by molar-refractivity contribution is 7.92. The Morgan fingerprint density at radius 3 is 2.28 bits per heavy atom. The third kappa shape index (κ3) is 6.20. The van der Waals surface area contributed by atoms with Crippen LogP contribution < -0.4 is 23.8 Å². The number of nitrogens with zero attached hydrogens (tertiary/aromatic N) is 1. The molecule has 0 bridgehead atoms. The summed E-state index contributed by atoms with van der Waals surface area (Å²) in [5, 5.41) is 3.00. The molecule has 10 heteroatoms. The maximum Gasteiger partial charge on any atom is 0.264 e. The van der Waals surface area contributed by atoms with Crippen LogP contribution in [0, 0.1) is 0 Å². The van der Waals surface area contributed by atoms with Gasteiger partial charge in [-0.2, -0.15) is 0 Å². The minimum Gasteiger partial charge on any atom is -0.495 e. The predicted molar refractivity (Wildman–Crippen MR) is 125 cm³/mol. The van der Waals surface area contributed by atoms with E-state index in [-0.39, 0.29) is 40.2 Å². The van der Waals surface area contributed by atoms with E-state index in [1.165, 1.54) is 42.8 Å². The van der Waals surface area contributed by atoms with Crippen molar-refractivity contribution in [3.8, 4) is 17.2 Å². The third-order valence-electron chi connectivity index (χ3n) is 4.58. The molecule has 2 rings (SSSR count). The standard InChI is InChI=1S/C22H29ClN2O6S/c1-5-24-22(26)8-7-13-25(19-15-20(29-3)18(23)14-21(19)30-4)32(27,28)17-11-9-16(10-12-17)31-6-2/h9-12,14-15H,5-8,13H2,1-4H3,(H,24,26). The molecule has 0 radical (unpaired) electrons. The fourth-order valence-corrected chi connectivity index (χ4v) is 4.82. The van der Waals surface area contributed by atoms with Gasteiger partial charge in [-0.05, 0) is 44.5 Å². The van der Waals surface area contributed by atoms with Crippen LogP contribution in [0.25, 0.3) is 0 Å². The zero-order valence-corrected chi connectivity index (χ0v) is 20.3. The lowest BCUT2D eigenvalue weighted by Crippen LogP contribution is -2.33. The van der Waals surface area contributed by atoms with E-state index in [1.807, 2.05) is 13.8 Å². The van der Waals surface area contributed by atoms with Crippen molar-refractivity contribution < 1.29 is 27.4 Å². The number of hydrogen-bond acceptors (Lipinski definition) is 6. The van der Waals surface area contributed by atoms with Gasteiger partial charge in [0.25, 0.3) is 10.0 Å². The fourth-order valence-electron chi connectivity index (χ4n) is 3.08. The van der Waals surface area contributed by atoms with Gasteiger partial charge in [0.1, 0.15) is 17.2 Å². The molecule has 0 atom stereocenters. The van der Waals surface area contributed by atoms with Gasteiger partial charge in [0.15, 0.2) is 0 Å². The summed E-state index contributed by atoms with van der Waals surface area (Å²) in [4.78, 5) is 12.0. The Hall–Kier alpha value is -2.65. The van der Waals surface area contributed by atoms with Crippen molar-refractivity contribution in [2.24, 2.45) is 0 Å². The SMILES string of the molecule is CCNC(=O)CCCN(c1cc(OC)c(Cl)cc1OC)S(=O)(=O)c1ccc(OCC)cc1. The van der Waals surface area contributed by atoms with Gasteiger partial charge in [-0.1, -0.05) is 11.6 Å². The van der Waals surface area contributed by atoms with Crippen LogP contribution in [0.1, 0.15) is 26.7 Å². The summed E-state index contributed by atoms with van der Waals surface area (Å²) in [6.07, 6.45) is 0.479. The first-order valence-electron chi connectivity index (χ1n) is 10.2. The zero-order chi connectivity index (χ0) is 23.7. The monoisotopic (exact) mass is 484 g/mol. The molecule has 2 aromatic carbocycles. The number of anilines is 1. The van der Waals surface area contributed by atoms with E-state index in [0.29, 0.717) is 31.1 Å². The Balaban J connectivity index is 2.49. The van der Waals surface area contributed by atoms with E-state index in [9.17, 15) is 13.2 Å². The van der Waals surface area contributed by atoms with E-state index in [1.54, 1.807) is 12.1 Å². The van der Waals surface area contributed by atoms with E-state index < -0.39 is 10.0 Å². The molecule has 0 aliphatic rings. The Morgan fingerprint density at radius 1 is 1.06 bits per heavy atom. The van der Waals surface area contributed by atoms with Gasteiger partial charge in [-0.15, -0.1) is 0 Å². The first kappa shape index (κ1) is 25.6. The molecular formula is C22H29ClN2O6S. The molecule has 0 aliphatic carbocycles. The zero-order valence-electron chi connectivity index (χ0n) is 18.7. The number of benzene rings is 2. The van der Waals surface area contributed by atoms with Crippen LogP contribution in [0.4, 0.5) is 5.69 Å². The van der Waals surface area contributed by atoms with Crippen LogP contribution in [-0.4, -0.2) is 48.2 Å². The van der Waals surface area contributed by atoms with Crippen molar-refractivity contribution in [3.63, 3.8) is 0 Å². The molecule has 0 aliphatic heterocycles. The van der Waals surface area contributed by atoms with Gasteiger partial charge < -0.3 is 19.5 Å². The number of ether oxygens (including phenoxy) is 3. The second-order valence-electron chi connectivity index (χ2n) is 6.70. The van der Waals surface area contributed by atoms with Crippen molar-refractivity contribution in [1.82, 2.24) is 5.32 Å². The summed E-state index contributed by atoms with van der Waals surface area (Å²) in [6, 6.07) is 9.18. The maximum absolute atomic E-state index is 13.6. The van der Waals surface area contributed by atoms with Crippen molar-refractivity contribution in [1.29, 1.82) is 0 Å². The normalized spacial score (nSPS) is 11.0. The van der Waals surface area contributed by atoms with Gasteiger partial charge >= 0.3 is 0 Å². The molecule has 176 valence electrons. The smallest absolute Gasteiger partial charge is 0.264 e. The van der Waals surface area contributed by atoms with Crippen LogP contribution >= 0.6 is 11.6 Å². The molecule has 1 N–H and O–H groups in total. The number of nitrogens with one attached hydrogen (secondary N) is 1. The number of amides is 1. The largest absolute Gasteiger partial charge is 0.495 e. The van der Waals surface area contributed by atoms with Crippen molar-refractivity contribution in [2.45, 2.75) is 31.6 Å². The minimum atomic E-state index is -4.00. The Bertz CT molecular complexity index is 1010. The van der Waals surface area contributed by atoms with Crippen LogP contribution in [0.15, 0.2) is 41.3 Å². The Kier molecular flexibility index (Phi) is 9.46. The average Bonchev–Trinajstić information content (AvgIpc) is 2.77. The summed E-state index contributed by atoms with van der Waals surface area (Å²) in [5.41, 5.74) is 0.263. The first-order chi connectivity index (χ1) is 15.3. The molecule has 0 fully saturated rings. The minimum absolute atomic E-state index is 0.0494. The summed E-state index contributed by atoms with van der Waals surface area (Å²) in [5.74, 6) is 0.993. The Labute approximate surface area is 194 Å². The fraction of sp³-hybridized carbons (Fsp3) is 0.409. The van der Waals surface area contributed by atoms with E-state index in [2.05, 4.69) is 5.32 Å². The molecule has 0 aromatic heterocycles. The molecule has 0 saturated carbocycles. The van der Waals surface area contributed by atoms with E-state index in [0.717, 1.165) is 0 Å². The van der Waals surface area contributed by atoms with Crippen LogP contribution in [0.2, 0.25) is 5.02 Å². The van der Waals surface area contributed by atoms with Crippen LogP contribution in [0.3, 0.4) is 0 Å². The number of sulfonamides is 1. The van der Waals surface area contributed by atoms with E-state index >= 15 is 0 Å².